The lowest BCUT2D eigenvalue weighted by molar-refractivity contribution is 1.15. The Morgan fingerprint density at radius 3 is 2.03 bits per heavy atom. The molecule has 0 N–H and O–H groups in total. The summed E-state index contributed by atoms with van der Waals surface area (Å²) in [5.74, 6) is 0. The summed E-state index contributed by atoms with van der Waals surface area (Å²) < 4.78 is 1.21. The van der Waals surface area contributed by atoms with Crippen molar-refractivity contribution >= 4 is 71.4 Å². The van der Waals surface area contributed by atoms with E-state index in [2.05, 4.69) is 126 Å². The number of fused-ring (bicyclic) bond motifs is 6. The largest absolute Gasteiger partial charge is 0.284 e. The van der Waals surface area contributed by atoms with E-state index in [0.29, 0.717) is 0 Å². The molecule has 0 atom stereocenters. The Balaban J connectivity index is 1.39. The van der Waals surface area contributed by atoms with Crippen LogP contribution in [0.15, 0.2) is 131 Å². The number of anilines is 3. The summed E-state index contributed by atoms with van der Waals surface area (Å²) in [5, 5.41) is 6.10. The van der Waals surface area contributed by atoms with E-state index in [1.807, 2.05) is 11.8 Å². The second-order valence-electron chi connectivity index (χ2n) is 9.21. The molecular weight excluding hydrogens is 489 g/mol. The summed E-state index contributed by atoms with van der Waals surface area (Å²) >= 11 is 3.60. The van der Waals surface area contributed by atoms with Gasteiger partial charge in [0.25, 0.3) is 0 Å². The Bertz CT molecular complexity index is 1940. The molecule has 7 aromatic rings. The maximum Gasteiger partial charge on any atom is 0.195 e. The van der Waals surface area contributed by atoms with Gasteiger partial charge < -0.3 is 0 Å². The van der Waals surface area contributed by atoms with Gasteiger partial charge in [-0.05, 0) is 57.4 Å². The third-order valence-corrected chi connectivity index (χ3v) is 9.31. The zero-order valence-electron chi connectivity index (χ0n) is 19.8. The molecule has 1 aliphatic rings. The van der Waals surface area contributed by atoms with Gasteiger partial charge in [0.1, 0.15) is 0 Å². The van der Waals surface area contributed by atoms with E-state index in [1.165, 1.54) is 58.5 Å². The number of thiazole rings is 1. The van der Waals surface area contributed by atoms with Gasteiger partial charge in [0, 0.05) is 15.4 Å². The average Bonchev–Trinajstić information content (AvgIpc) is 3.39. The molecule has 0 unspecified atom stereocenters. The Hall–Kier alpha value is -4.12. The smallest absolute Gasteiger partial charge is 0.195 e. The number of aromatic nitrogens is 1. The standard InChI is InChI=1S/C33H20N2S2/c1-2-11-23-21(9-1)19-20-22-10-7-12-24(31(22)23)25-13-8-14-26-32(25)37-33(34-26)35-27-15-3-5-17-29(27)36-30-18-6-4-16-28(30)35/h1-20H. The van der Waals surface area contributed by atoms with Crippen LogP contribution < -0.4 is 4.90 Å². The molecule has 2 heterocycles. The molecule has 0 saturated carbocycles. The van der Waals surface area contributed by atoms with E-state index in [4.69, 9.17) is 4.98 Å². The highest BCUT2D eigenvalue weighted by atomic mass is 32.2. The van der Waals surface area contributed by atoms with E-state index in [0.717, 1.165) is 10.6 Å². The summed E-state index contributed by atoms with van der Waals surface area (Å²) in [4.78, 5) is 10.0. The molecule has 0 radical (unpaired) electrons. The highest BCUT2D eigenvalue weighted by molar-refractivity contribution is 7.99. The quantitative estimate of drug-likeness (QED) is 0.216. The van der Waals surface area contributed by atoms with Crippen molar-refractivity contribution in [2.75, 3.05) is 4.90 Å². The lowest BCUT2D eigenvalue weighted by atomic mass is 9.94. The molecule has 1 aliphatic heterocycles. The lowest BCUT2D eigenvalue weighted by Crippen LogP contribution is -2.14. The van der Waals surface area contributed by atoms with Gasteiger partial charge in [-0.1, -0.05) is 114 Å². The summed E-state index contributed by atoms with van der Waals surface area (Å²) in [7, 11) is 0. The second kappa shape index (κ2) is 8.20. The van der Waals surface area contributed by atoms with Crippen LogP contribution in [0.3, 0.4) is 0 Å². The van der Waals surface area contributed by atoms with Crippen LogP contribution in [0.4, 0.5) is 16.5 Å². The fraction of sp³-hybridized carbons (Fsp3) is 0. The number of hydrogen-bond donors (Lipinski definition) is 0. The third kappa shape index (κ3) is 3.23. The van der Waals surface area contributed by atoms with Crippen LogP contribution in [-0.2, 0) is 0 Å². The Morgan fingerprint density at radius 1 is 0.541 bits per heavy atom. The maximum atomic E-state index is 5.20. The zero-order chi connectivity index (χ0) is 24.3. The van der Waals surface area contributed by atoms with Gasteiger partial charge in [-0.2, -0.15) is 0 Å². The van der Waals surface area contributed by atoms with Crippen LogP contribution >= 0.6 is 23.1 Å². The van der Waals surface area contributed by atoms with Crippen molar-refractivity contribution in [2.45, 2.75) is 9.79 Å². The molecule has 4 heteroatoms. The molecule has 174 valence electrons. The first kappa shape index (κ1) is 21.0. The van der Waals surface area contributed by atoms with Crippen LogP contribution in [-0.4, -0.2) is 4.98 Å². The molecule has 8 rings (SSSR count). The van der Waals surface area contributed by atoms with E-state index >= 15 is 0 Å². The van der Waals surface area contributed by atoms with Crippen LogP contribution in [0.1, 0.15) is 0 Å². The van der Waals surface area contributed by atoms with Crippen molar-refractivity contribution in [1.82, 2.24) is 4.98 Å². The van der Waals surface area contributed by atoms with E-state index in [9.17, 15) is 0 Å². The molecule has 2 nitrogen and oxygen atoms in total. The van der Waals surface area contributed by atoms with E-state index in [1.54, 1.807) is 11.3 Å². The van der Waals surface area contributed by atoms with Crippen molar-refractivity contribution in [3.8, 4) is 11.1 Å². The first-order valence-corrected chi connectivity index (χ1v) is 13.9. The molecule has 0 spiro atoms. The number of para-hydroxylation sites is 2. The molecule has 1 aromatic heterocycles. The third-order valence-electron chi connectivity index (χ3n) is 7.09. The summed E-state index contributed by atoms with van der Waals surface area (Å²) in [6, 6.07) is 43.5. The normalized spacial score (nSPS) is 12.7. The number of hydrogen-bond acceptors (Lipinski definition) is 4. The Labute approximate surface area is 222 Å². The van der Waals surface area contributed by atoms with E-state index < -0.39 is 0 Å². The van der Waals surface area contributed by atoms with E-state index in [-0.39, 0.29) is 0 Å². The van der Waals surface area contributed by atoms with Gasteiger partial charge in [0.2, 0.25) is 0 Å². The van der Waals surface area contributed by atoms with Gasteiger partial charge in [0.15, 0.2) is 5.13 Å². The summed E-state index contributed by atoms with van der Waals surface area (Å²) in [6.07, 6.45) is 0. The number of benzene rings is 6. The highest BCUT2D eigenvalue weighted by Gasteiger charge is 2.27. The average molecular weight is 509 g/mol. The van der Waals surface area contributed by atoms with Gasteiger partial charge in [-0.3, -0.25) is 4.90 Å². The van der Waals surface area contributed by atoms with Crippen molar-refractivity contribution in [3.63, 3.8) is 0 Å². The van der Waals surface area contributed by atoms with Crippen molar-refractivity contribution in [2.24, 2.45) is 0 Å². The molecule has 6 aromatic carbocycles. The van der Waals surface area contributed by atoms with Crippen LogP contribution in [0.25, 0.3) is 42.9 Å². The molecule has 0 aliphatic carbocycles. The second-order valence-corrected chi connectivity index (χ2v) is 11.3. The maximum absolute atomic E-state index is 5.20. The predicted molar refractivity (Wildman–Crippen MR) is 159 cm³/mol. The SMILES string of the molecule is c1ccc2c(c1)Sc1ccccc1N2c1nc2cccc(-c3cccc4ccc5ccccc5c34)c2s1. The van der Waals surface area contributed by atoms with Gasteiger partial charge in [-0.15, -0.1) is 0 Å². The first-order chi connectivity index (χ1) is 18.3. The first-order valence-electron chi connectivity index (χ1n) is 12.3. The van der Waals surface area contributed by atoms with Crippen molar-refractivity contribution in [3.05, 3.63) is 121 Å². The number of rotatable bonds is 2. The summed E-state index contributed by atoms with van der Waals surface area (Å²) in [6.45, 7) is 0. The topological polar surface area (TPSA) is 16.1 Å². The van der Waals surface area contributed by atoms with Gasteiger partial charge in [-0.25, -0.2) is 4.98 Å². The van der Waals surface area contributed by atoms with Crippen LogP contribution in [0, 0.1) is 0 Å². The molecule has 0 amide bonds. The van der Waals surface area contributed by atoms with Crippen LogP contribution in [0.2, 0.25) is 0 Å². The predicted octanol–water partition coefficient (Wildman–Crippen LogP) is 10.2. The minimum Gasteiger partial charge on any atom is -0.284 e. The monoisotopic (exact) mass is 508 g/mol. The minimum absolute atomic E-state index is 0.993. The molecule has 0 fully saturated rings. The fourth-order valence-electron chi connectivity index (χ4n) is 5.44. The zero-order valence-corrected chi connectivity index (χ0v) is 21.4. The minimum atomic E-state index is 0.993. The summed E-state index contributed by atoms with van der Waals surface area (Å²) in [5.41, 5.74) is 5.88. The Morgan fingerprint density at radius 2 is 1.19 bits per heavy atom. The number of nitrogens with zero attached hydrogens (tertiary/aromatic N) is 2. The highest BCUT2D eigenvalue weighted by Crippen LogP contribution is 2.53. The lowest BCUT2D eigenvalue weighted by Gasteiger charge is -2.30. The van der Waals surface area contributed by atoms with Crippen molar-refractivity contribution < 1.29 is 0 Å². The Kier molecular flexibility index (Phi) is 4.66. The van der Waals surface area contributed by atoms with Crippen molar-refractivity contribution in [1.29, 1.82) is 0 Å². The molecule has 0 bridgehead atoms. The molecule has 0 saturated heterocycles. The van der Waals surface area contributed by atoms with Crippen LogP contribution in [0.5, 0.6) is 0 Å². The fourth-order valence-corrected chi connectivity index (χ4v) is 7.62. The van der Waals surface area contributed by atoms with Gasteiger partial charge >= 0.3 is 0 Å². The van der Waals surface area contributed by atoms with Gasteiger partial charge in [0.05, 0.1) is 21.6 Å². The molecule has 37 heavy (non-hydrogen) atoms. The molecular formula is C33H20N2S2.